The van der Waals surface area contributed by atoms with Gasteiger partial charge in [-0.25, -0.2) is 0 Å². The highest BCUT2D eigenvalue weighted by Gasteiger charge is 2.44. The van der Waals surface area contributed by atoms with Crippen LogP contribution >= 0.6 is 0 Å². The van der Waals surface area contributed by atoms with Crippen LogP contribution in [0, 0.1) is 11.3 Å². The molecule has 19 heavy (non-hydrogen) atoms. The molecule has 1 aromatic rings. The molecule has 0 aromatic carbocycles. The summed E-state index contributed by atoms with van der Waals surface area (Å²) in [5, 5.41) is 7.11. The largest absolute Gasteiger partial charge is 0.341 e. The lowest BCUT2D eigenvalue weighted by Crippen LogP contribution is -2.59. The molecule has 1 unspecified atom stereocenters. The van der Waals surface area contributed by atoms with Crippen LogP contribution in [0.1, 0.15) is 44.4 Å². The predicted molar refractivity (Wildman–Crippen MR) is 73.7 cm³/mol. The summed E-state index contributed by atoms with van der Waals surface area (Å²) in [6.07, 6.45) is 7.08. The Morgan fingerprint density at radius 2 is 2.21 bits per heavy atom. The number of H-pyrrole nitrogens is 1. The molecule has 1 amide bonds. The van der Waals surface area contributed by atoms with Crippen LogP contribution in [-0.4, -0.2) is 34.1 Å². The fourth-order valence-electron chi connectivity index (χ4n) is 3.49. The van der Waals surface area contributed by atoms with Crippen LogP contribution in [-0.2, 0) is 17.6 Å². The van der Waals surface area contributed by atoms with E-state index in [-0.39, 0.29) is 5.92 Å². The normalized spacial score (nSPS) is 24.7. The zero-order valence-corrected chi connectivity index (χ0v) is 11.9. The molecule has 1 saturated heterocycles. The van der Waals surface area contributed by atoms with Crippen molar-refractivity contribution < 1.29 is 4.79 Å². The third-order valence-electron chi connectivity index (χ3n) is 5.23. The first-order valence-electron chi connectivity index (χ1n) is 7.47. The molecule has 2 aliphatic rings. The molecular weight excluding hydrogens is 238 g/mol. The Kier molecular flexibility index (Phi) is 3.11. The molecule has 0 spiro atoms. The summed E-state index contributed by atoms with van der Waals surface area (Å²) in [4.78, 5) is 14.6. The third-order valence-corrected chi connectivity index (χ3v) is 5.23. The summed E-state index contributed by atoms with van der Waals surface area (Å²) in [5.41, 5.74) is 2.87. The number of carbonyl (C=O) groups is 1. The topological polar surface area (TPSA) is 49.0 Å². The van der Waals surface area contributed by atoms with Gasteiger partial charge in [0.1, 0.15) is 0 Å². The average Bonchev–Trinajstić information content (AvgIpc) is 2.85. The van der Waals surface area contributed by atoms with E-state index in [1.807, 2.05) is 6.20 Å². The average molecular weight is 261 g/mol. The van der Waals surface area contributed by atoms with Crippen molar-refractivity contribution in [3.05, 3.63) is 17.5 Å². The number of nitrogens with one attached hydrogen (secondary N) is 1. The minimum Gasteiger partial charge on any atom is -0.341 e. The lowest BCUT2D eigenvalue weighted by atomic mass is 9.74. The van der Waals surface area contributed by atoms with Gasteiger partial charge in [0.2, 0.25) is 5.91 Å². The van der Waals surface area contributed by atoms with E-state index >= 15 is 0 Å². The summed E-state index contributed by atoms with van der Waals surface area (Å²) in [5.74, 6) is 0.525. The Morgan fingerprint density at radius 3 is 2.89 bits per heavy atom. The highest BCUT2D eigenvalue weighted by Crippen LogP contribution is 2.38. The molecule has 104 valence electrons. The fraction of sp³-hybridized carbons (Fsp3) is 0.733. The monoisotopic (exact) mass is 261 g/mol. The first kappa shape index (κ1) is 12.7. The van der Waals surface area contributed by atoms with Crippen LogP contribution in [0.5, 0.6) is 0 Å². The van der Waals surface area contributed by atoms with Gasteiger partial charge in [-0.2, -0.15) is 5.10 Å². The van der Waals surface area contributed by atoms with E-state index in [2.05, 4.69) is 28.9 Å². The van der Waals surface area contributed by atoms with E-state index < -0.39 is 0 Å². The van der Waals surface area contributed by atoms with E-state index in [0.717, 1.165) is 32.4 Å². The summed E-state index contributed by atoms with van der Waals surface area (Å²) >= 11 is 0. The Balaban J connectivity index is 1.61. The van der Waals surface area contributed by atoms with Crippen LogP contribution in [0.4, 0.5) is 0 Å². The fourth-order valence-corrected chi connectivity index (χ4v) is 3.49. The zero-order chi connectivity index (χ0) is 13.5. The van der Waals surface area contributed by atoms with Crippen molar-refractivity contribution in [3.8, 4) is 0 Å². The van der Waals surface area contributed by atoms with Gasteiger partial charge in [0.25, 0.3) is 0 Å². The molecule has 1 atom stereocenters. The molecule has 1 N–H and O–H groups in total. The van der Waals surface area contributed by atoms with E-state index in [0.29, 0.717) is 11.3 Å². The molecule has 0 saturated carbocycles. The number of rotatable bonds is 3. The van der Waals surface area contributed by atoms with Gasteiger partial charge in [-0.3, -0.25) is 9.89 Å². The number of aryl methyl sites for hydroxylation is 1. The number of likely N-dealkylation sites (tertiary alicyclic amines) is 1. The molecule has 1 aliphatic heterocycles. The van der Waals surface area contributed by atoms with Crippen molar-refractivity contribution in [2.24, 2.45) is 11.3 Å². The van der Waals surface area contributed by atoms with Gasteiger partial charge in [-0.15, -0.1) is 0 Å². The van der Waals surface area contributed by atoms with Crippen molar-refractivity contribution in [1.29, 1.82) is 0 Å². The van der Waals surface area contributed by atoms with Gasteiger partial charge >= 0.3 is 0 Å². The maximum atomic E-state index is 12.5. The zero-order valence-electron chi connectivity index (χ0n) is 11.9. The molecule has 1 aromatic heterocycles. The molecule has 4 heteroatoms. The Labute approximate surface area is 114 Å². The second kappa shape index (κ2) is 4.66. The number of carbonyl (C=O) groups excluding carboxylic acids is 1. The van der Waals surface area contributed by atoms with Crippen molar-refractivity contribution in [1.82, 2.24) is 15.1 Å². The molecule has 0 radical (unpaired) electrons. The van der Waals surface area contributed by atoms with Gasteiger partial charge in [0.15, 0.2) is 0 Å². The molecular formula is C15H23N3O. The number of fused-ring (bicyclic) bond motifs is 1. The van der Waals surface area contributed by atoms with Gasteiger partial charge < -0.3 is 4.90 Å². The predicted octanol–water partition coefficient (Wildman–Crippen LogP) is 2.16. The van der Waals surface area contributed by atoms with Crippen LogP contribution in [0.3, 0.4) is 0 Å². The molecule has 1 fully saturated rings. The second-order valence-corrected chi connectivity index (χ2v) is 6.21. The van der Waals surface area contributed by atoms with E-state index in [1.165, 1.54) is 24.1 Å². The van der Waals surface area contributed by atoms with Crippen LogP contribution in [0.2, 0.25) is 0 Å². The highest BCUT2D eigenvalue weighted by atomic mass is 16.2. The number of amides is 1. The van der Waals surface area contributed by atoms with E-state index in [1.54, 1.807) is 0 Å². The van der Waals surface area contributed by atoms with Gasteiger partial charge in [0, 0.05) is 36.5 Å². The van der Waals surface area contributed by atoms with Crippen LogP contribution in [0.15, 0.2) is 6.20 Å². The highest BCUT2D eigenvalue weighted by molar-refractivity contribution is 5.80. The first-order valence-corrected chi connectivity index (χ1v) is 7.47. The number of hydrogen-bond donors (Lipinski definition) is 1. The minimum absolute atomic E-state index is 0.166. The van der Waals surface area contributed by atoms with E-state index in [9.17, 15) is 4.79 Å². The number of hydrogen-bond acceptors (Lipinski definition) is 2. The summed E-state index contributed by atoms with van der Waals surface area (Å²) in [7, 11) is 0. The van der Waals surface area contributed by atoms with Gasteiger partial charge in [-0.05, 0) is 31.2 Å². The summed E-state index contributed by atoms with van der Waals surface area (Å²) < 4.78 is 0. The van der Waals surface area contributed by atoms with E-state index in [4.69, 9.17) is 0 Å². The Bertz CT molecular complexity index is 467. The summed E-state index contributed by atoms with van der Waals surface area (Å²) in [6, 6.07) is 0. The molecule has 2 heterocycles. The van der Waals surface area contributed by atoms with Crippen molar-refractivity contribution in [2.45, 2.75) is 46.0 Å². The number of nitrogens with zero attached hydrogens (tertiary/aromatic N) is 2. The van der Waals surface area contributed by atoms with Gasteiger partial charge in [0.05, 0.1) is 6.20 Å². The maximum Gasteiger partial charge on any atom is 0.226 e. The molecule has 0 bridgehead atoms. The first-order chi connectivity index (χ1) is 9.17. The van der Waals surface area contributed by atoms with Gasteiger partial charge in [-0.1, -0.05) is 13.8 Å². The van der Waals surface area contributed by atoms with Crippen molar-refractivity contribution >= 4 is 5.91 Å². The number of aromatic amines is 1. The lowest BCUT2D eigenvalue weighted by molar-refractivity contribution is -0.148. The standard InChI is InChI=1S/C15H23N3O/c1-3-15(4-2)9-18(10-15)14(19)11-5-6-12-8-16-17-13(12)7-11/h8,11H,3-7,9-10H2,1-2H3,(H,16,17). The summed E-state index contributed by atoms with van der Waals surface area (Å²) in [6.45, 7) is 6.40. The van der Waals surface area contributed by atoms with Crippen LogP contribution in [0.25, 0.3) is 0 Å². The minimum atomic E-state index is 0.166. The van der Waals surface area contributed by atoms with Crippen LogP contribution < -0.4 is 0 Å². The Hall–Kier alpha value is -1.32. The smallest absolute Gasteiger partial charge is 0.226 e. The quantitative estimate of drug-likeness (QED) is 0.906. The maximum absolute atomic E-state index is 12.5. The number of aromatic nitrogens is 2. The molecule has 4 nitrogen and oxygen atoms in total. The van der Waals surface area contributed by atoms with Crippen molar-refractivity contribution in [2.75, 3.05) is 13.1 Å². The lowest BCUT2D eigenvalue weighted by Gasteiger charge is -2.51. The van der Waals surface area contributed by atoms with Crippen molar-refractivity contribution in [3.63, 3.8) is 0 Å². The third kappa shape index (κ3) is 2.07. The molecule has 3 rings (SSSR count). The molecule has 1 aliphatic carbocycles. The second-order valence-electron chi connectivity index (χ2n) is 6.21. The SMILES string of the molecule is CCC1(CC)CN(C(=O)C2CCc3cn[nH]c3C2)C1. The Morgan fingerprint density at radius 1 is 1.47 bits per heavy atom.